The normalized spacial score (nSPS) is 12.2. The molecule has 0 aliphatic carbocycles. The molecule has 0 aromatic heterocycles. The van der Waals surface area contributed by atoms with E-state index in [0.717, 1.165) is 0 Å². The van der Waals surface area contributed by atoms with Crippen molar-refractivity contribution in [1.29, 1.82) is 0 Å². The molecule has 58 valence electrons. The number of carbonyl (C=O) groups excluding carboxylic acids is 1. The van der Waals surface area contributed by atoms with Crippen molar-refractivity contribution in [1.82, 2.24) is 5.32 Å². The number of nitrogens with one attached hydrogen (secondary N) is 1. The van der Waals surface area contributed by atoms with Gasteiger partial charge in [-0.15, -0.1) is 0 Å². The molecule has 1 atom stereocenters. The molecule has 0 radical (unpaired) electrons. The van der Waals surface area contributed by atoms with Crippen LogP contribution >= 0.6 is 0 Å². The van der Waals surface area contributed by atoms with Crippen LogP contribution in [0.4, 0.5) is 0 Å². The van der Waals surface area contributed by atoms with E-state index in [1.165, 1.54) is 7.05 Å². The Morgan fingerprint density at radius 3 is 2.50 bits per heavy atom. The molecule has 1 amide bonds. The summed E-state index contributed by atoms with van der Waals surface area (Å²) >= 11 is 0. The minimum Gasteiger partial charge on any atom is -0.481 e. The number of hydrogen-bond donors (Lipinski definition) is 3. The van der Waals surface area contributed by atoms with Gasteiger partial charge in [0.15, 0.2) is 0 Å². The molecule has 5 nitrogen and oxygen atoms in total. The summed E-state index contributed by atoms with van der Waals surface area (Å²) in [5.41, 5.74) is 5.14. The van der Waals surface area contributed by atoms with Crippen molar-refractivity contribution < 1.29 is 14.7 Å². The van der Waals surface area contributed by atoms with Gasteiger partial charge in [0.1, 0.15) is 0 Å². The Balaban J connectivity index is 3.72. The lowest BCUT2D eigenvalue weighted by molar-refractivity contribution is -0.139. The molecule has 0 aromatic rings. The molecule has 0 spiro atoms. The third kappa shape index (κ3) is 3.03. The molecular weight excluding hydrogens is 136 g/mol. The number of carboxylic acid groups (broad SMARTS) is 1. The van der Waals surface area contributed by atoms with Crippen LogP contribution in [0.5, 0.6) is 0 Å². The lowest BCUT2D eigenvalue weighted by Gasteiger charge is -2.04. The zero-order valence-electron chi connectivity index (χ0n) is 5.63. The molecule has 10 heavy (non-hydrogen) atoms. The van der Waals surface area contributed by atoms with Crippen LogP contribution in [0.15, 0.2) is 0 Å². The predicted octanol–water partition coefficient (Wildman–Crippen LogP) is -1.47. The van der Waals surface area contributed by atoms with Crippen LogP contribution < -0.4 is 11.1 Å². The van der Waals surface area contributed by atoms with Crippen molar-refractivity contribution in [3.63, 3.8) is 0 Å². The van der Waals surface area contributed by atoms with Gasteiger partial charge >= 0.3 is 5.97 Å². The van der Waals surface area contributed by atoms with Gasteiger partial charge in [0, 0.05) is 7.05 Å². The van der Waals surface area contributed by atoms with Gasteiger partial charge in [-0.2, -0.15) is 0 Å². The number of rotatable bonds is 3. The van der Waals surface area contributed by atoms with Gasteiger partial charge in [0.25, 0.3) is 0 Å². The first-order chi connectivity index (χ1) is 4.57. The molecule has 4 N–H and O–H groups in total. The van der Waals surface area contributed by atoms with Gasteiger partial charge in [-0.05, 0) is 0 Å². The third-order valence-corrected chi connectivity index (χ3v) is 0.978. The van der Waals surface area contributed by atoms with Gasteiger partial charge in [0.2, 0.25) is 5.91 Å². The summed E-state index contributed by atoms with van der Waals surface area (Å²) in [6, 6.07) is -0.942. The van der Waals surface area contributed by atoms with E-state index in [4.69, 9.17) is 10.8 Å². The highest BCUT2D eigenvalue weighted by Crippen LogP contribution is 1.86. The van der Waals surface area contributed by atoms with Crippen LogP contribution in [0.25, 0.3) is 0 Å². The number of carbonyl (C=O) groups is 2. The van der Waals surface area contributed by atoms with Crippen molar-refractivity contribution in [3.05, 3.63) is 0 Å². The highest BCUT2D eigenvalue weighted by Gasteiger charge is 2.14. The maximum atomic E-state index is 10.5. The molecule has 0 heterocycles. The standard InChI is InChI=1S/C5H10N2O3/c1-7-5(10)3(6)2-4(8)9/h3H,2,6H2,1H3,(H,7,10)(H,8,9). The van der Waals surface area contributed by atoms with Crippen LogP contribution in [0.2, 0.25) is 0 Å². The topological polar surface area (TPSA) is 92.4 Å². The van der Waals surface area contributed by atoms with E-state index in [-0.39, 0.29) is 6.42 Å². The molecular formula is C5H10N2O3. The highest BCUT2D eigenvalue weighted by molar-refractivity contribution is 5.85. The zero-order chi connectivity index (χ0) is 8.15. The van der Waals surface area contributed by atoms with E-state index in [2.05, 4.69) is 5.32 Å². The maximum Gasteiger partial charge on any atom is 0.305 e. The van der Waals surface area contributed by atoms with E-state index in [1.54, 1.807) is 0 Å². The lowest BCUT2D eigenvalue weighted by Crippen LogP contribution is -2.40. The van der Waals surface area contributed by atoms with E-state index in [1.807, 2.05) is 0 Å². The van der Waals surface area contributed by atoms with Gasteiger partial charge in [-0.1, -0.05) is 0 Å². The number of nitrogens with two attached hydrogens (primary N) is 1. The Morgan fingerprint density at radius 2 is 2.20 bits per heavy atom. The predicted molar refractivity (Wildman–Crippen MR) is 34.3 cm³/mol. The number of likely N-dealkylation sites (N-methyl/N-ethyl adjacent to an activating group) is 1. The van der Waals surface area contributed by atoms with Crippen LogP contribution in [-0.4, -0.2) is 30.1 Å². The summed E-state index contributed by atoms with van der Waals surface area (Å²) in [4.78, 5) is 20.5. The van der Waals surface area contributed by atoms with Crippen LogP contribution in [-0.2, 0) is 9.59 Å². The quantitative estimate of drug-likeness (QED) is 0.453. The number of carboxylic acids is 1. The van der Waals surface area contributed by atoms with Crippen molar-refractivity contribution in [3.8, 4) is 0 Å². The molecule has 1 unspecified atom stereocenters. The van der Waals surface area contributed by atoms with Crippen LogP contribution in [0.3, 0.4) is 0 Å². The molecule has 0 aliphatic heterocycles. The summed E-state index contributed by atoms with van der Waals surface area (Å²) in [6.45, 7) is 0. The van der Waals surface area contributed by atoms with Crippen molar-refractivity contribution in [2.24, 2.45) is 5.73 Å². The number of hydrogen-bond acceptors (Lipinski definition) is 3. The summed E-state index contributed by atoms with van der Waals surface area (Å²) in [7, 11) is 1.41. The largest absolute Gasteiger partial charge is 0.481 e. The monoisotopic (exact) mass is 146 g/mol. The first-order valence-electron chi connectivity index (χ1n) is 2.77. The molecule has 5 heteroatoms. The first kappa shape index (κ1) is 8.90. The second kappa shape index (κ2) is 3.84. The van der Waals surface area contributed by atoms with Crippen LogP contribution in [0, 0.1) is 0 Å². The Labute approximate surface area is 58.2 Å². The molecule has 0 fully saturated rings. The van der Waals surface area contributed by atoms with Crippen molar-refractivity contribution >= 4 is 11.9 Å². The summed E-state index contributed by atoms with van der Waals surface area (Å²) in [5, 5.41) is 10.4. The highest BCUT2D eigenvalue weighted by atomic mass is 16.4. The van der Waals surface area contributed by atoms with E-state index in [0.29, 0.717) is 0 Å². The fraction of sp³-hybridized carbons (Fsp3) is 0.600. The van der Waals surface area contributed by atoms with Crippen molar-refractivity contribution in [2.75, 3.05) is 7.05 Å². The fourth-order valence-electron chi connectivity index (χ4n) is 0.466. The maximum absolute atomic E-state index is 10.5. The first-order valence-corrected chi connectivity index (χ1v) is 2.77. The molecule has 0 saturated carbocycles. The Bertz CT molecular complexity index is 146. The molecule has 0 aliphatic rings. The van der Waals surface area contributed by atoms with Crippen molar-refractivity contribution in [2.45, 2.75) is 12.5 Å². The van der Waals surface area contributed by atoms with Gasteiger partial charge in [-0.3, -0.25) is 9.59 Å². The average molecular weight is 146 g/mol. The second-order valence-electron chi connectivity index (χ2n) is 1.82. The lowest BCUT2D eigenvalue weighted by atomic mass is 10.2. The summed E-state index contributed by atoms with van der Waals surface area (Å²) in [5.74, 6) is -1.53. The second-order valence-corrected chi connectivity index (χ2v) is 1.82. The fourth-order valence-corrected chi connectivity index (χ4v) is 0.466. The van der Waals surface area contributed by atoms with E-state index in [9.17, 15) is 9.59 Å². The summed E-state index contributed by atoms with van der Waals surface area (Å²) in [6.07, 6.45) is -0.334. The van der Waals surface area contributed by atoms with Gasteiger partial charge < -0.3 is 16.2 Å². The third-order valence-electron chi connectivity index (χ3n) is 0.978. The van der Waals surface area contributed by atoms with Gasteiger partial charge in [-0.25, -0.2) is 0 Å². The molecule has 0 rings (SSSR count). The Morgan fingerprint density at radius 1 is 1.70 bits per heavy atom. The zero-order valence-corrected chi connectivity index (χ0v) is 5.63. The minimum atomic E-state index is -1.07. The summed E-state index contributed by atoms with van der Waals surface area (Å²) < 4.78 is 0. The Kier molecular flexibility index (Phi) is 3.42. The SMILES string of the molecule is CNC(=O)C(N)CC(=O)O. The molecule has 0 saturated heterocycles. The molecule has 0 bridgehead atoms. The number of aliphatic carboxylic acids is 1. The van der Waals surface area contributed by atoms with Gasteiger partial charge in [0.05, 0.1) is 12.5 Å². The van der Waals surface area contributed by atoms with E-state index < -0.39 is 17.9 Å². The average Bonchev–Trinajstić information content (AvgIpc) is 1.85. The number of amides is 1. The molecule has 0 aromatic carbocycles. The van der Waals surface area contributed by atoms with E-state index >= 15 is 0 Å². The Hall–Kier alpha value is -1.10. The smallest absolute Gasteiger partial charge is 0.305 e. The van der Waals surface area contributed by atoms with Crippen LogP contribution in [0.1, 0.15) is 6.42 Å². The minimum absolute atomic E-state index is 0.334.